The van der Waals surface area contributed by atoms with Crippen LogP contribution in [0.2, 0.25) is 0 Å². The van der Waals surface area contributed by atoms with Crippen LogP contribution in [0.1, 0.15) is 78.9 Å². The number of amides is 1. The highest BCUT2D eigenvalue weighted by Crippen LogP contribution is 2.49. The summed E-state index contributed by atoms with van der Waals surface area (Å²) in [6, 6.07) is 8.61. The number of alkyl halides is 3. The van der Waals surface area contributed by atoms with Crippen molar-refractivity contribution in [2.75, 3.05) is 19.8 Å². The lowest BCUT2D eigenvalue weighted by molar-refractivity contribution is -0.150. The fraction of sp³-hybridized carbons (Fsp3) is 0.533. The molecule has 2 aromatic carbocycles. The highest BCUT2D eigenvalue weighted by Gasteiger charge is 2.51. The summed E-state index contributed by atoms with van der Waals surface area (Å²) in [7, 11) is 0. The lowest BCUT2D eigenvalue weighted by Crippen LogP contribution is -2.49. The summed E-state index contributed by atoms with van der Waals surface area (Å²) in [5.41, 5.74) is -0.433. The van der Waals surface area contributed by atoms with Crippen LogP contribution < -0.4 is 4.74 Å². The summed E-state index contributed by atoms with van der Waals surface area (Å²) in [4.78, 5) is 29.2. The van der Waals surface area contributed by atoms with E-state index < -0.39 is 28.9 Å². The number of hydrogen-bond donors (Lipinski definition) is 1. The van der Waals surface area contributed by atoms with Crippen molar-refractivity contribution < 1.29 is 37.0 Å². The minimum atomic E-state index is -4.70. The second-order valence-electron chi connectivity index (χ2n) is 11.7. The Bertz CT molecular complexity index is 1290. The first-order valence-electron chi connectivity index (χ1n) is 13.8. The molecule has 6 nitrogen and oxygen atoms in total. The molecule has 0 unspecified atom stereocenters. The zero-order valence-corrected chi connectivity index (χ0v) is 22.6. The summed E-state index contributed by atoms with van der Waals surface area (Å²) in [6.45, 7) is 5.36. The van der Waals surface area contributed by atoms with Gasteiger partial charge in [0.15, 0.2) is 18.3 Å². The van der Waals surface area contributed by atoms with Crippen LogP contribution in [0.5, 0.6) is 5.75 Å². The van der Waals surface area contributed by atoms with E-state index >= 15 is 0 Å². The zero-order chi connectivity index (χ0) is 28.8. The number of carbonyl (C=O) groups is 2. The van der Waals surface area contributed by atoms with Crippen molar-refractivity contribution in [2.24, 2.45) is 11.3 Å². The van der Waals surface area contributed by atoms with Crippen LogP contribution in [-0.2, 0) is 17.5 Å². The molecule has 0 bridgehead atoms. The lowest BCUT2D eigenvalue weighted by atomic mass is 9.74. The van der Waals surface area contributed by atoms with Crippen LogP contribution in [0.4, 0.5) is 17.6 Å². The molecule has 2 heterocycles. The first-order valence-corrected chi connectivity index (χ1v) is 13.8. The van der Waals surface area contributed by atoms with E-state index in [1.54, 1.807) is 18.2 Å². The number of halogens is 4. The molecule has 1 saturated heterocycles. The van der Waals surface area contributed by atoms with Crippen molar-refractivity contribution in [1.82, 2.24) is 9.80 Å². The predicted octanol–water partition coefficient (Wildman–Crippen LogP) is 6.30. The Kier molecular flexibility index (Phi) is 7.58. The Morgan fingerprint density at radius 1 is 1.10 bits per heavy atom. The number of carboxylic acid groups (broad SMARTS) is 1. The second-order valence-corrected chi connectivity index (χ2v) is 11.7. The predicted molar refractivity (Wildman–Crippen MR) is 139 cm³/mol. The number of piperidine rings is 1. The van der Waals surface area contributed by atoms with Crippen molar-refractivity contribution in [3.63, 3.8) is 0 Å². The topological polar surface area (TPSA) is 70.1 Å². The maximum absolute atomic E-state index is 14.4. The Morgan fingerprint density at radius 3 is 2.48 bits per heavy atom. The Balaban J connectivity index is 1.27. The van der Waals surface area contributed by atoms with Gasteiger partial charge in [0, 0.05) is 11.6 Å². The summed E-state index contributed by atoms with van der Waals surface area (Å²) in [5.74, 6) is -2.12. The van der Waals surface area contributed by atoms with E-state index in [9.17, 15) is 32.3 Å². The highest BCUT2D eigenvalue weighted by molar-refractivity contribution is 5.87. The largest absolute Gasteiger partial charge is 0.478 e. The first kappa shape index (κ1) is 28.4. The molecular weight excluding hydrogens is 528 g/mol. The van der Waals surface area contributed by atoms with E-state index in [1.165, 1.54) is 4.90 Å². The summed E-state index contributed by atoms with van der Waals surface area (Å²) < 4.78 is 59.7. The molecule has 3 aliphatic rings. The molecule has 1 aliphatic carbocycles. The molecule has 0 radical (unpaired) electrons. The minimum Gasteiger partial charge on any atom is -0.478 e. The van der Waals surface area contributed by atoms with Gasteiger partial charge in [0.2, 0.25) is 5.91 Å². The number of hydrogen-bond acceptors (Lipinski definition) is 4. The average Bonchev–Trinajstić information content (AvgIpc) is 3.39. The molecule has 216 valence electrons. The fourth-order valence-electron chi connectivity index (χ4n) is 6.78. The standard InChI is InChI=1S/C30H34F4N2O4/c1-18(2)29(28(39)36-16-22-13-23(30(32,33)34)14-25(31)26(22)40-17-36)9-6-24(15-29)35-10-7-19(8-11-35)20-4-3-5-21(12-20)27(37)38/h3-5,12-14,18-19,24H,6-11,15-17H2,1-2H3,(H,37,38)/t24-,29+/m1/s1. The van der Waals surface area contributed by atoms with Gasteiger partial charge in [-0.15, -0.1) is 0 Å². The number of nitrogens with zero attached hydrogens (tertiary/aromatic N) is 2. The van der Waals surface area contributed by atoms with Crippen molar-refractivity contribution in [2.45, 2.75) is 70.6 Å². The highest BCUT2D eigenvalue weighted by atomic mass is 19.4. The van der Waals surface area contributed by atoms with Gasteiger partial charge >= 0.3 is 12.1 Å². The van der Waals surface area contributed by atoms with Crippen molar-refractivity contribution in [1.29, 1.82) is 0 Å². The lowest BCUT2D eigenvalue weighted by Gasteiger charge is -2.41. The first-order chi connectivity index (χ1) is 18.9. The molecule has 0 spiro atoms. The number of aromatic carboxylic acids is 1. The van der Waals surface area contributed by atoms with Gasteiger partial charge in [0.05, 0.1) is 23.1 Å². The molecule has 2 aliphatic heterocycles. The number of carboxylic acids is 1. The SMILES string of the molecule is CC(C)[C@]1(C(=O)N2COc3c(F)cc(C(F)(F)F)cc3C2)CC[C@@H](N2CCC(c3cccc(C(=O)O)c3)CC2)C1. The van der Waals surface area contributed by atoms with Crippen molar-refractivity contribution >= 4 is 11.9 Å². The van der Waals surface area contributed by atoms with Gasteiger partial charge in [-0.25, -0.2) is 9.18 Å². The van der Waals surface area contributed by atoms with Gasteiger partial charge < -0.3 is 19.6 Å². The quantitative estimate of drug-likeness (QED) is 0.434. The third kappa shape index (κ3) is 5.30. The summed E-state index contributed by atoms with van der Waals surface area (Å²) in [5, 5.41) is 9.32. The third-order valence-corrected chi connectivity index (χ3v) is 9.17. The smallest absolute Gasteiger partial charge is 0.416 e. The van der Waals surface area contributed by atoms with E-state index in [1.807, 2.05) is 19.9 Å². The van der Waals surface area contributed by atoms with Gasteiger partial charge in [0.25, 0.3) is 0 Å². The van der Waals surface area contributed by atoms with E-state index in [2.05, 4.69) is 4.90 Å². The normalized spacial score (nSPS) is 24.2. The van der Waals surface area contributed by atoms with Gasteiger partial charge in [0.1, 0.15) is 0 Å². The van der Waals surface area contributed by atoms with Gasteiger partial charge in [-0.1, -0.05) is 26.0 Å². The zero-order valence-electron chi connectivity index (χ0n) is 22.6. The number of fused-ring (bicyclic) bond motifs is 1. The summed E-state index contributed by atoms with van der Waals surface area (Å²) in [6.07, 6.45) is -0.774. The van der Waals surface area contributed by atoms with Gasteiger partial charge in [-0.05, 0) is 86.9 Å². The number of likely N-dealkylation sites (tertiary alicyclic amines) is 1. The summed E-state index contributed by atoms with van der Waals surface area (Å²) >= 11 is 0. The van der Waals surface area contributed by atoms with E-state index in [-0.39, 0.29) is 53.9 Å². The number of ether oxygens (including phenoxy) is 1. The van der Waals surface area contributed by atoms with Gasteiger partial charge in [-0.3, -0.25) is 4.79 Å². The van der Waals surface area contributed by atoms with Crippen LogP contribution in [0.3, 0.4) is 0 Å². The Labute approximate surface area is 230 Å². The maximum Gasteiger partial charge on any atom is 0.416 e. The Hall–Kier alpha value is -3.14. The number of rotatable bonds is 5. The molecule has 0 aromatic heterocycles. The Morgan fingerprint density at radius 2 is 1.82 bits per heavy atom. The fourth-order valence-corrected chi connectivity index (χ4v) is 6.78. The van der Waals surface area contributed by atoms with Gasteiger partial charge in [-0.2, -0.15) is 13.2 Å². The number of benzene rings is 2. The molecule has 40 heavy (non-hydrogen) atoms. The van der Waals surface area contributed by atoms with Crippen LogP contribution in [0, 0.1) is 17.2 Å². The van der Waals surface area contributed by atoms with E-state index in [4.69, 9.17) is 4.74 Å². The molecule has 2 fully saturated rings. The van der Waals surface area contributed by atoms with Crippen LogP contribution in [0.15, 0.2) is 36.4 Å². The molecule has 5 rings (SSSR count). The maximum atomic E-state index is 14.4. The van der Waals surface area contributed by atoms with Crippen LogP contribution >= 0.6 is 0 Å². The second kappa shape index (κ2) is 10.7. The molecule has 1 saturated carbocycles. The molecule has 10 heteroatoms. The minimum absolute atomic E-state index is 0.000870. The van der Waals surface area contributed by atoms with E-state index in [0.29, 0.717) is 18.9 Å². The van der Waals surface area contributed by atoms with Crippen molar-refractivity contribution in [3.05, 3.63) is 64.5 Å². The monoisotopic (exact) mass is 562 g/mol. The molecule has 1 N–H and O–H groups in total. The number of carbonyl (C=O) groups excluding carboxylic acids is 1. The molecule has 1 amide bonds. The molecule has 2 atom stereocenters. The van der Waals surface area contributed by atoms with Crippen LogP contribution in [-0.4, -0.2) is 52.6 Å². The third-order valence-electron chi connectivity index (χ3n) is 9.17. The van der Waals surface area contributed by atoms with E-state index in [0.717, 1.165) is 44.0 Å². The molecule has 2 aromatic rings. The molecular formula is C30H34F4N2O4. The van der Waals surface area contributed by atoms with Crippen LogP contribution in [0.25, 0.3) is 0 Å². The average molecular weight is 563 g/mol. The van der Waals surface area contributed by atoms with Crippen molar-refractivity contribution in [3.8, 4) is 5.75 Å².